The predicted octanol–water partition coefficient (Wildman–Crippen LogP) is 3.41. The molecule has 0 bridgehead atoms. The highest BCUT2D eigenvalue weighted by molar-refractivity contribution is 5.91. The maximum atomic E-state index is 12.2. The van der Waals surface area contributed by atoms with Crippen LogP contribution in [0.1, 0.15) is 13.3 Å². The topological polar surface area (TPSA) is 102 Å². The molecule has 0 aliphatic rings. The van der Waals surface area contributed by atoms with E-state index in [2.05, 4.69) is 15.6 Å². The van der Waals surface area contributed by atoms with E-state index in [1.165, 1.54) is 6.07 Å². The molecule has 8 heteroatoms. The van der Waals surface area contributed by atoms with E-state index in [0.29, 0.717) is 18.2 Å². The van der Waals surface area contributed by atoms with Crippen molar-refractivity contribution in [3.05, 3.63) is 58.6 Å². The highest BCUT2D eigenvalue weighted by Gasteiger charge is 2.14. The Hall–Kier alpha value is -3.42. The van der Waals surface area contributed by atoms with Crippen LogP contribution >= 0.6 is 0 Å². The zero-order valence-electron chi connectivity index (χ0n) is 14.3. The van der Waals surface area contributed by atoms with Gasteiger partial charge in [-0.05, 0) is 25.1 Å². The average molecular weight is 353 g/mol. The van der Waals surface area contributed by atoms with Crippen LogP contribution in [0.3, 0.4) is 0 Å². The van der Waals surface area contributed by atoms with E-state index in [-0.39, 0.29) is 24.6 Å². The molecule has 0 aliphatic heterocycles. The number of anilines is 2. The second-order valence-corrected chi connectivity index (χ2v) is 5.67. The summed E-state index contributed by atoms with van der Waals surface area (Å²) in [4.78, 5) is 27.2. The number of aryl methyl sites for hydroxylation is 1. The van der Waals surface area contributed by atoms with Crippen LogP contribution in [0.4, 0.5) is 17.3 Å². The van der Waals surface area contributed by atoms with Crippen molar-refractivity contribution in [3.8, 4) is 0 Å². The number of benzene rings is 2. The van der Waals surface area contributed by atoms with Gasteiger partial charge in [0.2, 0.25) is 11.9 Å². The minimum absolute atomic E-state index is 0.0133. The van der Waals surface area contributed by atoms with Crippen LogP contribution in [0, 0.1) is 10.1 Å². The first-order valence-corrected chi connectivity index (χ1v) is 8.32. The van der Waals surface area contributed by atoms with Crippen LogP contribution in [-0.2, 0) is 11.3 Å². The maximum absolute atomic E-state index is 12.2. The van der Waals surface area contributed by atoms with Crippen molar-refractivity contribution < 1.29 is 9.72 Å². The van der Waals surface area contributed by atoms with Crippen LogP contribution < -0.4 is 10.6 Å². The lowest BCUT2D eigenvalue weighted by Crippen LogP contribution is -2.19. The number of nitro benzene ring substituents is 1. The van der Waals surface area contributed by atoms with Crippen LogP contribution in [0.15, 0.2) is 48.5 Å². The zero-order chi connectivity index (χ0) is 18.5. The second-order valence-electron chi connectivity index (χ2n) is 5.67. The minimum atomic E-state index is -0.452. The summed E-state index contributed by atoms with van der Waals surface area (Å²) in [5, 5.41) is 16.7. The lowest BCUT2D eigenvalue weighted by molar-refractivity contribution is -0.384. The Morgan fingerprint density at radius 2 is 1.92 bits per heavy atom. The number of amides is 1. The fourth-order valence-corrected chi connectivity index (χ4v) is 2.77. The maximum Gasteiger partial charge on any atom is 0.292 e. The molecule has 0 saturated carbocycles. The van der Waals surface area contributed by atoms with E-state index < -0.39 is 4.92 Å². The van der Waals surface area contributed by atoms with E-state index >= 15 is 0 Å². The molecule has 26 heavy (non-hydrogen) atoms. The minimum Gasteiger partial charge on any atom is -0.379 e. The summed E-state index contributed by atoms with van der Waals surface area (Å²) in [6.45, 7) is 2.95. The van der Waals surface area contributed by atoms with Gasteiger partial charge in [-0.1, -0.05) is 24.3 Å². The number of imidazole rings is 1. The van der Waals surface area contributed by atoms with Crippen LogP contribution in [0.2, 0.25) is 0 Å². The molecule has 3 aromatic rings. The number of aromatic nitrogens is 2. The van der Waals surface area contributed by atoms with E-state index in [0.717, 1.165) is 11.0 Å². The SMILES string of the molecule is CCn1c(NC(=O)CCNc2ccccc2[N+](=O)[O-])nc2ccccc21. The summed E-state index contributed by atoms with van der Waals surface area (Å²) in [5.74, 6) is 0.297. The Bertz CT molecular complexity index is 951. The smallest absolute Gasteiger partial charge is 0.292 e. The first kappa shape index (κ1) is 17.4. The van der Waals surface area contributed by atoms with Gasteiger partial charge in [0.25, 0.3) is 5.69 Å². The number of carbonyl (C=O) groups excluding carboxylic acids is 1. The van der Waals surface area contributed by atoms with Crippen LogP contribution in [-0.4, -0.2) is 26.9 Å². The number of hydrogen-bond acceptors (Lipinski definition) is 5. The van der Waals surface area contributed by atoms with Crippen molar-refractivity contribution in [2.24, 2.45) is 0 Å². The molecule has 2 N–H and O–H groups in total. The molecule has 0 unspecified atom stereocenters. The van der Waals surface area contributed by atoms with E-state index in [9.17, 15) is 14.9 Å². The molecule has 3 rings (SSSR count). The number of rotatable bonds is 7. The summed E-state index contributed by atoms with van der Waals surface area (Å²) >= 11 is 0. The average Bonchev–Trinajstić information content (AvgIpc) is 2.98. The monoisotopic (exact) mass is 353 g/mol. The zero-order valence-corrected chi connectivity index (χ0v) is 14.3. The van der Waals surface area contributed by atoms with Crippen molar-refractivity contribution >= 4 is 34.3 Å². The Kier molecular flexibility index (Phi) is 5.12. The second kappa shape index (κ2) is 7.64. The molecule has 0 fully saturated rings. The molecule has 8 nitrogen and oxygen atoms in total. The van der Waals surface area contributed by atoms with E-state index in [4.69, 9.17) is 0 Å². The number of para-hydroxylation sites is 4. The molecule has 1 aromatic heterocycles. The highest BCUT2D eigenvalue weighted by atomic mass is 16.6. The Balaban J connectivity index is 1.63. The quantitative estimate of drug-likeness (QED) is 0.500. The van der Waals surface area contributed by atoms with E-state index in [1.807, 2.05) is 35.8 Å². The molecule has 2 aromatic carbocycles. The number of nitrogens with one attached hydrogen (secondary N) is 2. The number of hydrogen-bond donors (Lipinski definition) is 2. The number of carbonyl (C=O) groups is 1. The highest BCUT2D eigenvalue weighted by Crippen LogP contribution is 2.23. The van der Waals surface area contributed by atoms with Gasteiger partial charge in [-0.2, -0.15) is 0 Å². The molecular weight excluding hydrogens is 334 g/mol. The third-order valence-electron chi connectivity index (χ3n) is 3.99. The standard InChI is InChI=1S/C18H19N5O3/c1-2-22-15-9-5-4-8-14(15)20-18(22)21-17(24)11-12-19-13-7-3-6-10-16(13)23(25)26/h3-10,19H,2,11-12H2,1H3,(H,20,21,24). The molecule has 0 radical (unpaired) electrons. The van der Waals surface area contributed by atoms with Gasteiger partial charge < -0.3 is 9.88 Å². The lowest BCUT2D eigenvalue weighted by Gasteiger charge is -2.09. The van der Waals surface area contributed by atoms with Gasteiger partial charge in [0.05, 0.1) is 16.0 Å². The molecule has 0 atom stereocenters. The molecule has 134 valence electrons. The Morgan fingerprint density at radius 3 is 2.69 bits per heavy atom. The van der Waals surface area contributed by atoms with Crippen molar-refractivity contribution in [1.82, 2.24) is 9.55 Å². The molecule has 0 aliphatic carbocycles. The van der Waals surface area contributed by atoms with Crippen LogP contribution in [0.5, 0.6) is 0 Å². The third kappa shape index (κ3) is 3.64. The molecule has 0 saturated heterocycles. The van der Waals surface area contributed by atoms with Gasteiger partial charge in [0.1, 0.15) is 5.69 Å². The number of nitro groups is 1. The third-order valence-corrected chi connectivity index (χ3v) is 3.99. The fourth-order valence-electron chi connectivity index (χ4n) is 2.77. The van der Waals surface area contributed by atoms with Gasteiger partial charge in [-0.25, -0.2) is 4.98 Å². The largest absolute Gasteiger partial charge is 0.379 e. The lowest BCUT2D eigenvalue weighted by atomic mass is 10.2. The van der Waals surface area contributed by atoms with Crippen molar-refractivity contribution in [3.63, 3.8) is 0 Å². The number of fused-ring (bicyclic) bond motifs is 1. The summed E-state index contributed by atoms with van der Waals surface area (Å²) in [7, 11) is 0. The Labute approximate surface area is 150 Å². The van der Waals surface area contributed by atoms with Crippen molar-refractivity contribution in [2.45, 2.75) is 19.9 Å². The predicted molar refractivity (Wildman–Crippen MR) is 100 cm³/mol. The van der Waals surface area contributed by atoms with Gasteiger partial charge in [-0.15, -0.1) is 0 Å². The van der Waals surface area contributed by atoms with Crippen LogP contribution in [0.25, 0.3) is 11.0 Å². The van der Waals surface area contributed by atoms with E-state index in [1.54, 1.807) is 18.2 Å². The van der Waals surface area contributed by atoms with Crippen molar-refractivity contribution in [1.29, 1.82) is 0 Å². The molecule has 1 heterocycles. The van der Waals surface area contributed by atoms with Gasteiger partial charge >= 0.3 is 0 Å². The van der Waals surface area contributed by atoms with Gasteiger partial charge in [0, 0.05) is 25.6 Å². The van der Waals surface area contributed by atoms with Crippen molar-refractivity contribution in [2.75, 3.05) is 17.2 Å². The summed E-state index contributed by atoms with van der Waals surface area (Å²) in [6.07, 6.45) is 0.166. The normalized spacial score (nSPS) is 10.7. The number of nitrogens with zero attached hydrogens (tertiary/aromatic N) is 3. The Morgan fingerprint density at radius 1 is 1.19 bits per heavy atom. The van der Waals surface area contributed by atoms with Gasteiger partial charge in [-0.3, -0.25) is 20.2 Å². The molecular formula is C18H19N5O3. The summed E-state index contributed by atoms with van der Waals surface area (Å²) in [5.41, 5.74) is 2.16. The summed E-state index contributed by atoms with van der Waals surface area (Å²) in [6, 6.07) is 14.0. The van der Waals surface area contributed by atoms with Gasteiger partial charge in [0.15, 0.2) is 0 Å². The summed E-state index contributed by atoms with van der Waals surface area (Å²) < 4.78 is 1.93. The first-order chi connectivity index (χ1) is 12.6. The molecule has 1 amide bonds. The fraction of sp³-hybridized carbons (Fsp3) is 0.222. The molecule has 0 spiro atoms. The first-order valence-electron chi connectivity index (χ1n) is 8.32.